The van der Waals surface area contributed by atoms with Crippen LogP contribution >= 0.6 is 11.8 Å². The van der Waals surface area contributed by atoms with Crippen LogP contribution in [0.2, 0.25) is 0 Å². The number of amides is 1. The van der Waals surface area contributed by atoms with Crippen molar-refractivity contribution in [3.05, 3.63) is 54.0 Å². The minimum Gasteiger partial charge on any atom is -0.353 e. The van der Waals surface area contributed by atoms with E-state index < -0.39 is 0 Å². The molecule has 172 valence electrons. The lowest BCUT2D eigenvalue weighted by Gasteiger charge is -2.35. The molecule has 0 atom stereocenters. The zero-order valence-electron chi connectivity index (χ0n) is 19.1. The summed E-state index contributed by atoms with van der Waals surface area (Å²) in [6.45, 7) is 7.33. The Morgan fingerprint density at radius 3 is 2.48 bits per heavy atom. The zero-order valence-corrected chi connectivity index (χ0v) is 19.9. The fourth-order valence-corrected chi connectivity index (χ4v) is 4.82. The van der Waals surface area contributed by atoms with Crippen molar-refractivity contribution < 1.29 is 9.32 Å². The van der Waals surface area contributed by atoms with Gasteiger partial charge in [-0.05, 0) is 42.7 Å². The molecule has 0 N–H and O–H groups in total. The average molecular weight is 464 g/mol. The van der Waals surface area contributed by atoms with Gasteiger partial charge in [0.2, 0.25) is 17.6 Å². The molecule has 3 aromatic rings. The number of pyridine rings is 1. The standard InChI is InChI=1S/C25H29N5O2S/c1-17(2)33-21-8-3-18(4-9-21)15-23(31)30-13-11-29(12-14-30)22-10-7-20(16-26-22)24-27-25(32-28-24)19-5-6-19/h3-4,7-10,16-17,19H,5-6,11-15H2,1-2H3. The van der Waals surface area contributed by atoms with Gasteiger partial charge in [-0.15, -0.1) is 11.8 Å². The van der Waals surface area contributed by atoms with E-state index in [1.165, 1.54) is 4.90 Å². The molecule has 1 aromatic carbocycles. The van der Waals surface area contributed by atoms with Crippen molar-refractivity contribution in [3.8, 4) is 11.4 Å². The van der Waals surface area contributed by atoms with Crippen molar-refractivity contribution >= 4 is 23.5 Å². The molecule has 1 aliphatic heterocycles. The summed E-state index contributed by atoms with van der Waals surface area (Å²) in [5, 5.41) is 4.64. The Morgan fingerprint density at radius 2 is 1.85 bits per heavy atom. The van der Waals surface area contributed by atoms with Gasteiger partial charge in [0.15, 0.2) is 0 Å². The number of aromatic nitrogens is 3. The minimum atomic E-state index is 0.186. The van der Waals surface area contributed by atoms with Gasteiger partial charge < -0.3 is 14.3 Å². The molecule has 5 rings (SSSR count). The fourth-order valence-electron chi connectivity index (χ4n) is 3.98. The molecule has 3 heterocycles. The number of rotatable bonds is 7. The Labute approximate surface area is 198 Å². The summed E-state index contributed by atoms with van der Waals surface area (Å²) in [5.74, 6) is 2.88. The molecule has 1 amide bonds. The van der Waals surface area contributed by atoms with Gasteiger partial charge in [0, 0.05) is 54.0 Å². The van der Waals surface area contributed by atoms with Crippen molar-refractivity contribution in [1.29, 1.82) is 0 Å². The normalized spacial score (nSPS) is 16.5. The zero-order chi connectivity index (χ0) is 22.8. The quantitative estimate of drug-likeness (QED) is 0.481. The molecular formula is C25H29N5O2S. The number of carbonyl (C=O) groups excluding carboxylic acids is 1. The second-order valence-corrected chi connectivity index (χ2v) is 10.6. The summed E-state index contributed by atoms with van der Waals surface area (Å²) >= 11 is 1.84. The lowest BCUT2D eigenvalue weighted by Crippen LogP contribution is -2.49. The Balaban J connectivity index is 1.13. The van der Waals surface area contributed by atoms with Crippen LogP contribution in [0.25, 0.3) is 11.4 Å². The van der Waals surface area contributed by atoms with E-state index in [2.05, 4.69) is 58.1 Å². The van der Waals surface area contributed by atoms with Crippen LogP contribution in [-0.4, -0.2) is 57.4 Å². The van der Waals surface area contributed by atoms with Gasteiger partial charge in [-0.3, -0.25) is 4.79 Å². The molecule has 0 spiro atoms. The van der Waals surface area contributed by atoms with E-state index in [0.29, 0.717) is 36.5 Å². The van der Waals surface area contributed by atoms with E-state index in [-0.39, 0.29) is 5.91 Å². The average Bonchev–Trinajstić information content (AvgIpc) is 3.57. The van der Waals surface area contributed by atoms with Gasteiger partial charge in [0.25, 0.3) is 0 Å². The molecule has 7 nitrogen and oxygen atoms in total. The third kappa shape index (κ3) is 5.38. The molecule has 0 radical (unpaired) electrons. The van der Waals surface area contributed by atoms with Crippen molar-refractivity contribution in [1.82, 2.24) is 20.0 Å². The first-order valence-corrected chi connectivity index (χ1v) is 12.5. The monoisotopic (exact) mass is 463 g/mol. The summed E-state index contributed by atoms with van der Waals surface area (Å²) in [4.78, 5) is 27.3. The predicted octanol–water partition coefficient (Wildman–Crippen LogP) is 4.40. The van der Waals surface area contributed by atoms with E-state index in [0.717, 1.165) is 48.8 Å². The van der Waals surface area contributed by atoms with E-state index in [9.17, 15) is 4.79 Å². The molecule has 2 aliphatic rings. The Morgan fingerprint density at radius 1 is 1.09 bits per heavy atom. The van der Waals surface area contributed by atoms with Crippen molar-refractivity contribution in [2.45, 2.75) is 49.2 Å². The number of nitrogens with zero attached hydrogens (tertiary/aromatic N) is 5. The predicted molar refractivity (Wildman–Crippen MR) is 129 cm³/mol. The Bertz CT molecular complexity index is 1080. The number of benzene rings is 1. The third-order valence-electron chi connectivity index (χ3n) is 5.98. The van der Waals surface area contributed by atoms with Gasteiger partial charge in [-0.25, -0.2) is 4.98 Å². The van der Waals surface area contributed by atoms with Crippen LogP contribution in [0.3, 0.4) is 0 Å². The van der Waals surface area contributed by atoms with Gasteiger partial charge >= 0.3 is 0 Å². The molecule has 33 heavy (non-hydrogen) atoms. The van der Waals surface area contributed by atoms with Crippen LogP contribution in [0.4, 0.5) is 5.82 Å². The summed E-state index contributed by atoms with van der Waals surface area (Å²) in [7, 11) is 0. The third-order valence-corrected chi connectivity index (χ3v) is 7.00. The van der Waals surface area contributed by atoms with E-state index in [1.807, 2.05) is 28.8 Å². The Kier molecular flexibility index (Phi) is 6.35. The number of piperazine rings is 1. The van der Waals surface area contributed by atoms with Crippen LogP contribution in [0.5, 0.6) is 0 Å². The molecule has 1 aliphatic carbocycles. The van der Waals surface area contributed by atoms with Gasteiger partial charge in [-0.2, -0.15) is 4.98 Å². The first-order valence-electron chi connectivity index (χ1n) is 11.6. The first-order chi connectivity index (χ1) is 16.0. The topological polar surface area (TPSA) is 75.4 Å². The second kappa shape index (κ2) is 9.55. The maximum atomic E-state index is 12.8. The molecule has 0 bridgehead atoms. The SMILES string of the molecule is CC(C)Sc1ccc(CC(=O)N2CCN(c3ccc(-c4noc(C5CC5)n4)cn3)CC2)cc1. The maximum Gasteiger partial charge on any atom is 0.230 e. The molecule has 1 saturated heterocycles. The number of thioether (sulfide) groups is 1. The largest absolute Gasteiger partial charge is 0.353 e. The van der Waals surface area contributed by atoms with Gasteiger partial charge in [-0.1, -0.05) is 31.1 Å². The number of carbonyl (C=O) groups is 1. The van der Waals surface area contributed by atoms with Crippen molar-refractivity contribution in [2.75, 3.05) is 31.1 Å². The lowest BCUT2D eigenvalue weighted by molar-refractivity contribution is -0.130. The van der Waals surface area contributed by atoms with Crippen molar-refractivity contribution in [2.24, 2.45) is 0 Å². The maximum absolute atomic E-state index is 12.8. The van der Waals surface area contributed by atoms with Gasteiger partial charge in [0.1, 0.15) is 5.82 Å². The highest BCUT2D eigenvalue weighted by Crippen LogP contribution is 2.39. The highest BCUT2D eigenvalue weighted by molar-refractivity contribution is 7.99. The molecular weight excluding hydrogens is 434 g/mol. The molecule has 8 heteroatoms. The molecule has 1 saturated carbocycles. The lowest BCUT2D eigenvalue weighted by atomic mass is 10.1. The summed E-state index contributed by atoms with van der Waals surface area (Å²) in [6, 6.07) is 12.4. The highest BCUT2D eigenvalue weighted by Gasteiger charge is 2.30. The number of anilines is 1. The molecule has 2 aromatic heterocycles. The smallest absolute Gasteiger partial charge is 0.230 e. The summed E-state index contributed by atoms with van der Waals surface area (Å²) in [5.41, 5.74) is 1.93. The van der Waals surface area contributed by atoms with Crippen LogP contribution < -0.4 is 4.90 Å². The number of hydrogen-bond donors (Lipinski definition) is 0. The molecule has 2 fully saturated rings. The van der Waals surface area contributed by atoms with Crippen LogP contribution in [0.15, 0.2) is 52.0 Å². The fraction of sp³-hybridized carbons (Fsp3) is 0.440. The minimum absolute atomic E-state index is 0.186. The van der Waals surface area contributed by atoms with Gasteiger partial charge in [0.05, 0.1) is 6.42 Å². The van der Waals surface area contributed by atoms with E-state index in [1.54, 1.807) is 6.20 Å². The first kappa shape index (κ1) is 21.9. The van der Waals surface area contributed by atoms with E-state index in [4.69, 9.17) is 4.52 Å². The molecule has 0 unspecified atom stereocenters. The highest BCUT2D eigenvalue weighted by atomic mass is 32.2. The second-order valence-electron chi connectivity index (χ2n) is 8.99. The number of hydrogen-bond acceptors (Lipinski definition) is 7. The van der Waals surface area contributed by atoms with Crippen LogP contribution in [0, 0.1) is 0 Å². The van der Waals surface area contributed by atoms with Crippen molar-refractivity contribution in [3.63, 3.8) is 0 Å². The summed E-state index contributed by atoms with van der Waals surface area (Å²) in [6.07, 6.45) is 4.52. The Hall–Kier alpha value is -2.87. The van der Waals surface area contributed by atoms with Crippen LogP contribution in [0.1, 0.15) is 44.1 Å². The summed E-state index contributed by atoms with van der Waals surface area (Å²) < 4.78 is 5.35. The van der Waals surface area contributed by atoms with Crippen LogP contribution in [-0.2, 0) is 11.2 Å². The van der Waals surface area contributed by atoms with E-state index >= 15 is 0 Å².